The molecule has 45 heavy (non-hydrogen) atoms. The van der Waals surface area contributed by atoms with E-state index in [-0.39, 0.29) is 26.1 Å². The molecule has 2 atom stereocenters. The second-order valence-corrected chi connectivity index (χ2v) is 10.4. The van der Waals surface area contributed by atoms with E-state index in [0.717, 1.165) is 16.5 Å². The van der Waals surface area contributed by atoms with Crippen molar-refractivity contribution >= 4 is 35.0 Å². The lowest BCUT2D eigenvalue weighted by molar-refractivity contribution is -0.145. The van der Waals surface area contributed by atoms with E-state index in [1.54, 1.807) is 54.7 Å². The molecule has 1 aromatic heterocycles. The Morgan fingerprint density at radius 1 is 0.822 bits per heavy atom. The first-order chi connectivity index (χ1) is 21.9. The molecule has 1 heterocycles. The van der Waals surface area contributed by atoms with Crippen LogP contribution in [0.25, 0.3) is 10.9 Å². The number of aromatic amines is 1. The zero-order valence-corrected chi connectivity index (χ0v) is 25.1. The van der Waals surface area contributed by atoms with E-state index in [4.69, 9.17) is 19.9 Å². The highest BCUT2D eigenvalue weighted by molar-refractivity contribution is 5.97. The number of ether oxygens (including phenoxy) is 3. The van der Waals surface area contributed by atoms with Crippen LogP contribution in [-0.4, -0.2) is 59.7 Å². The number of nitrogens with one attached hydrogen (secondary N) is 2. The maximum Gasteiger partial charge on any atom is 0.420 e. The smallest absolute Gasteiger partial charge is 0.420 e. The lowest BCUT2D eigenvalue weighted by Crippen LogP contribution is -2.56. The number of hydrogen-bond donors (Lipinski definition) is 3. The zero-order valence-electron chi connectivity index (χ0n) is 25.1. The van der Waals surface area contributed by atoms with Crippen LogP contribution in [0, 0.1) is 0 Å². The summed E-state index contributed by atoms with van der Waals surface area (Å²) in [5.41, 5.74) is 8.74. The van der Waals surface area contributed by atoms with Gasteiger partial charge in [-0.15, -0.1) is 0 Å². The zero-order chi connectivity index (χ0) is 32.0. The van der Waals surface area contributed by atoms with Gasteiger partial charge < -0.3 is 30.2 Å². The highest BCUT2D eigenvalue weighted by atomic mass is 16.6. The van der Waals surface area contributed by atoms with Gasteiger partial charge in [0.1, 0.15) is 25.3 Å². The molecule has 0 bridgehead atoms. The number of carbonyl (C=O) groups is 4. The normalized spacial score (nSPS) is 12.1. The number of benzene rings is 3. The second-order valence-electron chi connectivity index (χ2n) is 10.4. The first-order valence-corrected chi connectivity index (χ1v) is 14.7. The quantitative estimate of drug-likeness (QED) is 0.104. The van der Waals surface area contributed by atoms with Crippen LogP contribution in [0.1, 0.15) is 36.0 Å². The third-order valence-electron chi connectivity index (χ3n) is 7.25. The summed E-state index contributed by atoms with van der Waals surface area (Å²) in [7, 11) is 1.23. The average molecular weight is 615 g/mol. The number of para-hydroxylation sites is 1. The first kappa shape index (κ1) is 32.7. The molecule has 11 nitrogen and oxygen atoms in total. The lowest BCUT2D eigenvalue weighted by atomic mass is 10.0. The summed E-state index contributed by atoms with van der Waals surface area (Å²) in [6.07, 6.45) is 0.756. The molecule has 11 heteroatoms. The number of H-pyrrole nitrogens is 1. The summed E-state index contributed by atoms with van der Waals surface area (Å²) in [5.74, 6) is -1.42. The fraction of sp³-hybridized carbons (Fsp3) is 0.294. The number of imide groups is 1. The minimum absolute atomic E-state index is 0.0604. The molecular weight excluding hydrogens is 576 g/mol. The van der Waals surface area contributed by atoms with E-state index in [2.05, 4.69) is 10.3 Å². The van der Waals surface area contributed by atoms with Gasteiger partial charge in [-0.25, -0.2) is 14.4 Å². The topological polar surface area (TPSA) is 153 Å². The standard InChI is InChI=1S/C34H38N4O7/c1-43-32(40)29(20-26-21-36-28-17-9-8-16-27(26)28)37-31(39)30(18-10-11-19-35)38(33(41)44-22-24-12-4-2-5-13-24)34(42)45-23-25-14-6-3-7-15-25/h2-9,12-17,21,29-30,36H,10-11,18-20,22-23,35H2,1H3,(H,37,39). The third-order valence-corrected chi connectivity index (χ3v) is 7.25. The Bertz CT molecular complexity index is 1500. The predicted molar refractivity (Wildman–Crippen MR) is 168 cm³/mol. The average Bonchev–Trinajstić information content (AvgIpc) is 3.48. The minimum Gasteiger partial charge on any atom is -0.467 e. The maximum atomic E-state index is 13.9. The SMILES string of the molecule is COC(=O)C(Cc1c[nH]c2ccccc12)NC(=O)C(CCCCN)N(C(=O)OCc1ccccc1)C(=O)OCc1ccccc1. The third kappa shape index (κ3) is 9.16. The molecule has 4 N–H and O–H groups in total. The van der Waals surface area contributed by atoms with Crippen LogP contribution in [-0.2, 0) is 43.4 Å². The number of amides is 3. The van der Waals surface area contributed by atoms with Gasteiger partial charge in [0, 0.05) is 23.5 Å². The van der Waals surface area contributed by atoms with Gasteiger partial charge in [-0.2, -0.15) is 4.90 Å². The Kier molecular flexibility index (Phi) is 12.1. The van der Waals surface area contributed by atoms with E-state index in [0.29, 0.717) is 35.4 Å². The van der Waals surface area contributed by atoms with Crippen LogP contribution in [0.5, 0.6) is 0 Å². The molecule has 0 spiro atoms. The monoisotopic (exact) mass is 614 g/mol. The van der Waals surface area contributed by atoms with E-state index >= 15 is 0 Å². The number of nitrogens with zero attached hydrogens (tertiary/aromatic N) is 1. The van der Waals surface area contributed by atoms with Crippen molar-refractivity contribution in [1.29, 1.82) is 0 Å². The van der Waals surface area contributed by atoms with Crippen molar-refractivity contribution in [3.8, 4) is 0 Å². The van der Waals surface area contributed by atoms with Crippen molar-refractivity contribution in [3.05, 3.63) is 108 Å². The van der Waals surface area contributed by atoms with Crippen molar-refractivity contribution in [3.63, 3.8) is 0 Å². The molecule has 4 rings (SSSR count). The number of rotatable bonds is 14. The molecule has 0 saturated carbocycles. The van der Waals surface area contributed by atoms with Gasteiger partial charge in [0.25, 0.3) is 0 Å². The number of aromatic nitrogens is 1. The van der Waals surface area contributed by atoms with E-state index in [1.165, 1.54) is 7.11 Å². The lowest BCUT2D eigenvalue weighted by Gasteiger charge is -2.29. The van der Waals surface area contributed by atoms with Crippen molar-refractivity contribution < 1.29 is 33.4 Å². The summed E-state index contributed by atoms with van der Waals surface area (Å²) in [6, 6.07) is 23.0. The molecule has 4 aromatic rings. The minimum atomic E-state index is -1.36. The Labute approximate surface area is 261 Å². The molecule has 0 fully saturated rings. The van der Waals surface area contributed by atoms with Crippen LogP contribution in [0.3, 0.4) is 0 Å². The fourth-order valence-electron chi connectivity index (χ4n) is 4.89. The molecule has 0 aliphatic carbocycles. The van der Waals surface area contributed by atoms with Crippen LogP contribution in [0.2, 0.25) is 0 Å². The number of hydrogen-bond acceptors (Lipinski definition) is 8. The number of unbranched alkanes of at least 4 members (excludes halogenated alkanes) is 1. The Balaban J connectivity index is 1.60. The summed E-state index contributed by atoms with van der Waals surface area (Å²) in [6.45, 7) is 0.0752. The van der Waals surface area contributed by atoms with Crippen molar-refractivity contribution in [2.45, 2.75) is 51.0 Å². The van der Waals surface area contributed by atoms with Gasteiger partial charge in [-0.05, 0) is 48.6 Å². The molecule has 0 aliphatic heterocycles. The van der Waals surface area contributed by atoms with Crippen molar-refractivity contribution in [1.82, 2.24) is 15.2 Å². The second kappa shape index (κ2) is 16.6. The number of esters is 1. The number of methoxy groups -OCH3 is 1. The molecule has 3 aromatic carbocycles. The molecule has 0 aliphatic rings. The van der Waals surface area contributed by atoms with E-state index in [9.17, 15) is 19.2 Å². The van der Waals surface area contributed by atoms with E-state index in [1.807, 2.05) is 36.4 Å². The Hall–Kier alpha value is -5.16. The molecule has 2 unspecified atom stereocenters. The molecule has 0 radical (unpaired) electrons. The maximum absolute atomic E-state index is 13.9. The van der Waals surface area contributed by atoms with Crippen LogP contribution < -0.4 is 11.1 Å². The molecule has 0 saturated heterocycles. The van der Waals surface area contributed by atoms with Gasteiger partial charge >= 0.3 is 18.2 Å². The summed E-state index contributed by atoms with van der Waals surface area (Å²) in [4.78, 5) is 57.7. The number of carbonyl (C=O) groups excluding carboxylic acids is 4. The number of fused-ring (bicyclic) bond motifs is 1. The summed E-state index contributed by atoms with van der Waals surface area (Å²) >= 11 is 0. The van der Waals surface area contributed by atoms with Crippen LogP contribution >= 0.6 is 0 Å². The first-order valence-electron chi connectivity index (χ1n) is 14.7. The Morgan fingerprint density at radius 3 is 1.98 bits per heavy atom. The summed E-state index contributed by atoms with van der Waals surface area (Å²) in [5, 5.41) is 3.60. The van der Waals surface area contributed by atoms with Gasteiger partial charge in [-0.3, -0.25) is 4.79 Å². The molecule has 3 amide bonds. The van der Waals surface area contributed by atoms with Crippen molar-refractivity contribution in [2.24, 2.45) is 5.73 Å². The van der Waals surface area contributed by atoms with Gasteiger partial charge in [0.15, 0.2) is 0 Å². The predicted octanol–water partition coefficient (Wildman–Crippen LogP) is 4.84. The summed E-state index contributed by atoms with van der Waals surface area (Å²) < 4.78 is 16.0. The van der Waals surface area contributed by atoms with Crippen LogP contribution in [0.15, 0.2) is 91.1 Å². The van der Waals surface area contributed by atoms with Gasteiger partial charge in [0.05, 0.1) is 7.11 Å². The number of nitrogens with two attached hydrogens (primary N) is 1. The molecule has 236 valence electrons. The van der Waals surface area contributed by atoms with Crippen molar-refractivity contribution in [2.75, 3.05) is 13.7 Å². The highest BCUT2D eigenvalue weighted by Gasteiger charge is 2.39. The highest BCUT2D eigenvalue weighted by Crippen LogP contribution is 2.21. The Morgan fingerprint density at radius 2 is 1.40 bits per heavy atom. The van der Waals surface area contributed by atoms with Gasteiger partial charge in [-0.1, -0.05) is 78.9 Å². The largest absolute Gasteiger partial charge is 0.467 e. The van der Waals surface area contributed by atoms with Gasteiger partial charge in [0.2, 0.25) is 5.91 Å². The van der Waals surface area contributed by atoms with Crippen LogP contribution in [0.4, 0.5) is 9.59 Å². The molecular formula is C34H38N4O7. The fourth-order valence-corrected chi connectivity index (χ4v) is 4.89. The van der Waals surface area contributed by atoms with E-state index < -0.39 is 36.1 Å².